The molecule has 0 atom stereocenters. The number of hydrogen-bond donors (Lipinski definition) is 1. The monoisotopic (exact) mass is 416 g/mol. The van der Waals surface area contributed by atoms with Gasteiger partial charge in [0.05, 0.1) is 24.1 Å². The predicted octanol–water partition coefficient (Wildman–Crippen LogP) is 3.36. The third-order valence-corrected chi connectivity index (χ3v) is 5.80. The van der Waals surface area contributed by atoms with E-state index in [0.717, 1.165) is 28.6 Å². The number of nitrogens with one attached hydrogen (secondary N) is 1. The van der Waals surface area contributed by atoms with Crippen LogP contribution >= 0.6 is 0 Å². The molecule has 2 rings (SSSR count). The molecule has 2 aromatic rings. The van der Waals surface area contributed by atoms with Gasteiger partial charge in [0.15, 0.2) is 0 Å². The zero-order chi connectivity index (χ0) is 20.9. The number of rotatable bonds is 7. The van der Waals surface area contributed by atoms with E-state index in [4.69, 9.17) is 4.74 Å². The number of carbonyl (C=O) groups excluding carboxylic acids is 1. The van der Waals surface area contributed by atoms with Crippen LogP contribution < -0.4 is 10.1 Å². The maximum absolute atomic E-state index is 12.7. The molecule has 152 valence electrons. The number of alkyl halides is 3. The molecule has 0 radical (unpaired) electrons. The molecule has 0 fully saturated rings. The quantitative estimate of drug-likeness (QED) is 0.751. The number of hydrogen-bond acceptors (Lipinski definition) is 4. The van der Waals surface area contributed by atoms with E-state index in [1.165, 1.54) is 31.4 Å². The molecule has 2 aromatic carbocycles. The SMILES string of the molecule is CCN(CC(=O)Nc1ccc(C(F)(F)F)cc1)S(=O)(=O)c1ccc(OC)cc1. The van der Waals surface area contributed by atoms with Crippen molar-refractivity contribution in [1.82, 2.24) is 4.31 Å². The van der Waals surface area contributed by atoms with Gasteiger partial charge in [0, 0.05) is 12.2 Å². The molecule has 0 aliphatic rings. The van der Waals surface area contributed by atoms with Gasteiger partial charge >= 0.3 is 6.18 Å². The molecule has 0 aromatic heterocycles. The third kappa shape index (κ3) is 5.23. The molecule has 10 heteroatoms. The Hall–Kier alpha value is -2.59. The number of sulfonamides is 1. The van der Waals surface area contributed by atoms with Gasteiger partial charge in [-0.1, -0.05) is 6.92 Å². The topological polar surface area (TPSA) is 75.7 Å². The molecule has 0 bridgehead atoms. The van der Waals surface area contributed by atoms with Gasteiger partial charge in [0.2, 0.25) is 15.9 Å². The zero-order valence-electron chi connectivity index (χ0n) is 15.2. The Balaban J connectivity index is 2.09. The van der Waals surface area contributed by atoms with Crippen molar-refractivity contribution in [2.45, 2.75) is 18.0 Å². The number of nitrogens with zero attached hydrogens (tertiary/aromatic N) is 1. The number of ether oxygens (including phenoxy) is 1. The van der Waals surface area contributed by atoms with Crippen molar-refractivity contribution in [2.24, 2.45) is 0 Å². The molecule has 0 spiro atoms. The minimum atomic E-state index is -4.48. The van der Waals surface area contributed by atoms with Crippen molar-refractivity contribution in [3.05, 3.63) is 54.1 Å². The van der Waals surface area contributed by atoms with Crippen LogP contribution in [0.2, 0.25) is 0 Å². The van der Waals surface area contributed by atoms with E-state index in [1.807, 2.05) is 0 Å². The standard InChI is InChI=1S/C18H19F3N2O4S/c1-3-23(28(25,26)16-10-8-15(27-2)9-11-16)12-17(24)22-14-6-4-13(5-7-14)18(19,20)21/h4-11H,3,12H2,1-2H3,(H,22,24). The molecule has 0 aliphatic carbocycles. The second-order valence-corrected chi connectivity index (χ2v) is 7.67. The maximum Gasteiger partial charge on any atom is 0.416 e. The van der Waals surface area contributed by atoms with Crippen molar-refractivity contribution < 1.29 is 31.1 Å². The first kappa shape index (κ1) is 21.7. The first-order chi connectivity index (χ1) is 13.1. The summed E-state index contributed by atoms with van der Waals surface area (Å²) in [5, 5.41) is 2.39. The van der Waals surface area contributed by atoms with Crippen molar-refractivity contribution in [3.63, 3.8) is 0 Å². The Labute approximate surface area is 161 Å². The summed E-state index contributed by atoms with van der Waals surface area (Å²) in [5.74, 6) is -0.180. The Morgan fingerprint density at radius 3 is 2.11 bits per heavy atom. The van der Waals surface area contributed by atoms with Crippen LogP contribution in [0.15, 0.2) is 53.4 Å². The number of benzene rings is 2. The lowest BCUT2D eigenvalue weighted by molar-refractivity contribution is -0.137. The highest BCUT2D eigenvalue weighted by atomic mass is 32.2. The molecular weight excluding hydrogens is 397 g/mol. The molecule has 6 nitrogen and oxygen atoms in total. The summed E-state index contributed by atoms with van der Waals surface area (Å²) in [7, 11) is -2.47. The molecule has 0 saturated heterocycles. The Kier molecular flexibility index (Phi) is 6.68. The highest BCUT2D eigenvalue weighted by molar-refractivity contribution is 7.89. The van der Waals surface area contributed by atoms with E-state index in [1.54, 1.807) is 6.92 Å². The molecule has 28 heavy (non-hydrogen) atoms. The molecule has 0 saturated carbocycles. The lowest BCUT2D eigenvalue weighted by atomic mass is 10.2. The summed E-state index contributed by atoms with van der Waals surface area (Å²) in [6.07, 6.45) is -4.48. The van der Waals surface area contributed by atoms with Crippen molar-refractivity contribution in [3.8, 4) is 5.75 Å². The van der Waals surface area contributed by atoms with Crippen LogP contribution in [-0.4, -0.2) is 38.8 Å². The van der Waals surface area contributed by atoms with Crippen LogP contribution in [0.5, 0.6) is 5.75 Å². The minimum absolute atomic E-state index is 0.00233. The molecule has 1 N–H and O–H groups in total. The smallest absolute Gasteiger partial charge is 0.416 e. The van der Waals surface area contributed by atoms with Crippen LogP contribution in [0, 0.1) is 0 Å². The predicted molar refractivity (Wildman–Crippen MR) is 97.5 cm³/mol. The van der Waals surface area contributed by atoms with Crippen LogP contribution in [0.4, 0.5) is 18.9 Å². The van der Waals surface area contributed by atoms with Crippen LogP contribution in [-0.2, 0) is 21.0 Å². The maximum atomic E-state index is 12.7. The number of anilines is 1. The van der Waals surface area contributed by atoms with Gasteiger partial charge in [-0.3, -0.25) is 4.79 Å². The van der Waals surface area contributed by atoms with Gasteiger partial charge in [0.1, 0.15) is 5.75 Å². The first-order valence-electron chi connectivity index (χ1n) is 8.19. The fraction of sp³-hybridized carbons (Fsp3) is 0.278. The molecule has 0 heterocycles. The summed E-state index contributed by atoms with van der Waals surface area (Å²) in [6, 6.07) is 9.59. The highest BCUT2D eigenvalue weighted by Gasteiger charge is 2.30. The van der Waals surface area contributed by atoms with Crippen molar-refractivity contribution in [1.29, 1.82) is 0 Å². The summed E-state index contributed by atoms with van der Waals surface area (Å²) < 4.78 is 69.0. The van der Waals surface area contributed by atoms with Crippen LogP contribution in [0.25, 0.3) is 0 Å². The van der Waals surface area contributed by atoms with Crippen molar-refractivity contribution >= 4 is 21.6 Å². The lowest BCUT2D eigenvalue weighted by Crippen LogP contribution is -2.37. The van der Waals surface area contributed by atoms with Gasteiger partial charge < -0.3 is 10.1 Å². The van der Waals surface area contributed by atoms with E-state index in [-0.39, 0.29) is 17.1 Å². The molecule has 0 aliphatic heterocycles. The lowest BCUT2D eigenvalue weighted by Gasteiger charge is -2.20. The third-order valence-electron chi connectivity index (χ3n) is 3.87. The van der Waals surface area contributed by atoms with Gasteiger partial charge in [0.25, 0.3) is 0 Å². The Bertz CT molecular complexity index is 911. The zero-order valence-corrected chi connectivity index (χ0v) is 16.0. The second kappa shape index (κ2) is 8.61. The van der Waals surface area contributed by atoms with Crippen molar-refractivity contribution in [2.75, 3.05) is 25.5 Å². The summed E-state index contributed by atoms with van der Waals surface area (Å²) in [4.78, 5) is 12.2. The average Bonchev–Trinajstić information content (AvgIpc) is 2.65. The van der Waals surface area contributed by atoms with E-state index in [0.29, 0.717) is 5.75 Å². The van der Waals surface area contributed by atoms with Gasteiger partial charge in [-0.25, -0.2) is 8.42 Å². The summed E-state index contributed by atoms with van der Waals surface area (Å²) in [5.41, 5.74) is -0.710. The fourth-order valence-corrected chi connectivity index (χ4v) is 3.77. The normalized spacial score (nSPS) is 12.1. The van der Waals surface area contributed by atoms with Gasteiger partial charge in [-0.05, 0) is 48.5 Å². The van der Waals surface area contributed by atoms with E-state index < -0.39 is 34.2 Å². The van der Waals surface area contributed by atoms with Crippen LogP contribution in [0.1, 0.15) is 12.5 Å². The summed E-state index contributed by atoms with van der Waals surface area (Å²) in [6.45, 7) is 1.13. The number of amides is 1. The summed E-state index contributed by atoms with van der Waals surface area (Å²) >= 11 is 0. The molecule has 0 unspecified atom stereocenters. The fourth-order valence-electron chi connectivity index (χ4n) is 2.37. The van der Waals surface area contributed by atoms with E-state index >= 15 is 0 Å². The number of halogens is 3. The van der Waals surface area contributed by atoms with Crippen LogP contribution in [0.3, 0.4) is 0 Å². The van der Waals surface area contributed by atoms with Gasteiger partial charge in [-0.15, -0.1) is 0 Å². The Morgan fingerprint density at radius 2 is 1.64 bits per heavy atom. The number of methoxy groups -OCH3 is 1. The van der Waals surface area contributed by atoms with Gasteiger partial charge in [-0.2, -0.15) is 17.5 Å². The molecule has 1 amide bonds. The minimum Gasteiger partial charge on any atom is -0.497 e. The van der Waals surface area contributed by atoms with E-state index in [2.05, 4.69) is 5.32 Å². The number of likely N-dealkylation sites (N-methyl/N-ethyl adjacent to an activating group) is 1. The first-order valence-corrected chi connectivity index (χ1v) is 9.63. The molecular formula is C18H19F3N2O4S. The second-order valence-electron chi connectivity index (χ2n) is 5.73. The largest absolute Gasteiger partial charge is 0.497 e. The Morgan fingerprint density at radius 1 is 1.07 bits per heavy atom. The highest BCUT2D eigenvalue weighted by Crippen LogP contribution is 2.29. The van der Waals surface area contributed by atoms with E-state index in [9.17, 15) is 26.4 Å². The number of carbonyl (C=O) groups is 1. The average molecular weight is 416 g/mol.